The molecule has 3 rings (SSSR count). The van der Waals surface area contributed by atoms with E-state index in [2.05, 4.69) is 0 Å². The Hall–Kier alpha value is -1.66. The van der Waals surface area contributed by atoms with Crippen LogP contribution >= 0.6 is 0 Å². The van der Waals surface area contributed by atoms with Crippen molar-refractivity contribution in [1.82, 2.24) is 0 Å². The number of esters is 1. The van der Waals surface area contributed by atoms with E-state index in [1.54, 1.807) is 0 Å². The molecule has 0 aromatic heterocycles. The average molecular weight is 388 g/mol. The van der Waals surface area contributed by atoms with E-state index in [0.717, 1.165) is 30.3 Å². The van der Waals surface area contributed by atoms with Crippen LogP contribution in [0.3, 0.4) is 0 Å². The molecular weight excluding hydrogens is 358 g/mol. The molecule has 0 bridgehead atoms. The van der Waals surface area contributed by atoms with Gasteiger partial charge < -0.3 is 14.0 Å². The van der Waals surface area contributed by atoms with Crippen LogP contribution in [0.5, 0.6) is 0 Å². The van der Waals surface area contributed by atoms with E-state index in [4.69, 9.17) is 14.0 Å². The Morgan fingerprint density at radius 1 is 1.21 bits per heavy atom. The van der Waals surface area contributed by atoms with E-state index >= 15 is 0 Å². The highest BCUT2D eigenvalue weighted by molar-refractivity contribution is 6.54. The molecule has 4 nitrogen and oxygen atoms in total. The quantitative estimate of drug-likeness (QED) is 0.525. The van der Waals surface area contributed by atoms with Crippen molar-refractivity contribution in [3.05, 3.63) is 47.4 Å². The Bertz CT molecular complexity index is 701. The summed E-state index contributed by atoms with van der Waals surface area (Å²) in [5.41, 5.74) is 1.06. The van der Waals surface area contributed by atoms with Gasteiger partial charge in [-0.1, -0.05) is 36.4 Å². The number of rotatable bonds is 6. The smallest absolute Gasteiger partial charge is 0.461 e. The number of allylic oxidation sites excluding steroid dienone is 2. The van der Waals surface area contributed by atoms with E-state index in [9.17, 15) is 9.18 Å². The molecule has 2 aliphatic rings. The lowest BCUT2D eigenvalue weighted by molar-refractivity contribution is -0.152. The molecule has 1 aliphatic carbocycles. The molecule has 0 radical (unpaired) electrons. The first-order valence-electron chi connectivity index (χ1n) is 10.1. The first kappa shape index (κ1) is 21.1. The number of carbonyl (C=O) groups is 1. The van der Waals surface area contributed by atoms with Gasteiger partial charge in [0.1, 0.15) is 13.3 Å². The maximum absolute atomic E-state index is 13.8. The number of ether oxygens (including phenoxy) is 1. The minimum Gasteiger partial charge on any atom is -0.461 e. The van der Waals surface area contributed by atoms with Crippen molar-refractivity contribution >= 4 is 13.1 Å². The van der Waals surface area contributed by atoms with Gasteiger partial charge in [0.2, 0.25) is 0 Å². The van der Waals surface area contributed by atoms with Crippen molar-refractivity contribution < 1.29 is 23.2 Å². The van der Waals surface area contributed by atoms with Gasteiger partial charge in [0.25, 0.3) is 0 Å². The molecule has 2 unspecified atom stereocenters. The predicted octanol–water partition coefficient (Wildman–Crippen LogP) is 4.67. The lowest BCUT2D eigenvalue weighted by atomic mass is 9.68. The van der Waals surface area contributed by atoms with Crippen LogP contribution in [0.25, 0.3) is 0 Å². The van der Waals surface area contributed by atoms with Crippen LogP contribution in [0.2, 0.25) is 0 Å². The minimum atomic E-state index is -0.790. The summed E-state index contributed by atoms with van der Waals surface area (Å²) in [5.74, 6) is -1.47. The summed E-state index contributed by atoms with van der Waals surface area (Å²) in [6.45, 7) is 7.48. The van der Waals surface area contributed by atoms with Gasteiger partial charge in [-0.15, -0.1) is 0 Å². The fourth-order valence-corrected chi connectivity index (χ4v) is 3.68. The Balaban J connectivity index is 1.67. The molecule has 6 heteroatoms. The van der Waals surface area contributed by atoms with Crippen molar-refractivity contribution in [2.45, 2.75) is 64.8 Å². The Morgan fingerprint density at radius 3 is 2.46 bits per heavy atom. The third-order valence-corrected chi connectivity index (χ3v) is 6.20. The van der Waals surface area contributed by atoms with Gasteiger partial charge >= 0.3 is 13.1 Å². The lowest BCUT2D eigenvalue weighted by Gasteiger charge is -2.32. The standard InChI is InChI=1S/C22H30BFO4/c1-21(2)22(3,4)28-23(27-21)18-12-8-11-17(13-18)19(14-24)20(25)26-15-16-9-6-5-7-10-16/h5-7,9-10,13,17,19H,8,11-12,14-15H2,1-4H3. The van der Waals surface area contributed by atoms with Crippen molar-refractivity contribution in [1.29, 1.82) is 0 Å². The number of hydrogen-bond acceptors (Lipinski definition) is 4. The van der Waals surface area contributed by atoms with Crippen LogP contribution in [0.15, 0.2) is 41.9 Å². The summed E-state index contributed by atoms with van der Waals surface area (Å²) >= 11 is 0. The zero-order valence-corrected chi connectivity index (χ0v) is 17.2. The molecule has 1 fully saturated rings. The van der Waals surface area contributed by atoms with Crippen LogP contribution < -0.4 is 0 Å². The number of alkyl halides is 1. The Morgan fingerprint density at radius 2 is 1.86 bits per heavy atom. The van der Waals surface area contributed by atoms with E-state index in [-0.39, 0.29) is 12.5 Å². The summed E-state index contributed by atoms with van der Waals surface area (Å²) in [6.07, 6.45) is 4.46. The van der Waals surface area contributed by atoms with Crippen LogP contribution in [-0.2, 0) is 25.4 Å². The molecule has 1 saturated heterocycles. The van der Waals surface area contributed by atoms with Crippen molar-refractivity contribution in [2.75, 3.05) is 6.67 Å². The number of carbonyl (C=O) groups excluding carboxylic acids is 1. The topological polar surface area (TPSA) is 44.8 Å². The van der Waals surface area contributed by atoms with Gasteiger partial charge in [-0.2, -0.15) is 0 Å². The zero-order valence-electron chi connectivity index (χ0n) is 17.2. The fourth-order valence-electron chi connectivity index (χ4n) is 3.68. The highest BCUT2D eigenvalue weighted by Crippen LogP contribution is 2.41. The number of halogens is 1. The largest absolute Gasteiger partial charge is 0.490 e. The normalized spacial score (nSPS) is 24.5. The molecule has 0 amide bonds. The van der Waals surface area contributed by atoms with E-state index in [0.29, 0.717) is 0 Å². The SMILES string of the molecule is CC1(C)OB(C2=CC(C(CF)C(=O)OCc3ccccc3)CCC2)OC1(C)C. The van der Waals surface area contributed by atoms with Crippen LogP contribution in [-0.4, -0.2) is 31.0 Å². The van der Waals surface area contributed by atoms with E-state index in [1.807, 2.05) is 64.1 Å². The number of hydrogen-bond donors (Lipinski definition) is 0. The van der Waals surface area contributed by atoms with Crippen LogP contribution in [0.1, 0.15) is 52.5 Å². The maximum atomic E-state index is 13.8. The fraction of sp³-hybridized carbons (Fsp3) is 0.591. The molecule has 1 aliphatic heterocycles. The average Bonchev–Trinajstić information content (AvgIpc) is 2.89. The molecule has 0 saturated carbocycles. The second kappa shape index (κ2) is 8.38. The Labute approximate surface area is 167 Å². The van der Waals surface area contributed by atoms with E-state index in [1.165, 1.54) is 0 Å². The van der Waals surface area contributed by atoms with Crippen LogP contribution in [0, 0.1) is 11.8 Å². The third-order valence-electron chi connectivity index (χ3n) is 6.20. The molecule has 1 aromatic rings. The van der Waals surface area contributed by atoms with Gasteiger partial charge in [0, 0.05) is 0 Å². The van der Waals surface area contributed by atoms with Crippen molar-refractivity contribution in [3.8, 4) is 0 Å². The third kappa shape index (κ3) is 4.49. The van der Waals surface area contributed by atoms with Crippen molar-refractivity contribution in [3.63, 3.8) is 0 Å². The molecule has 1 aromatic carbocycles. The van der Waals surface area contributed by atoms with Gasteiger partial charge in [0.15, 0.2) is 0 Å². The summed E-state index contributed by atoms with van der Waals surface area (Å²) in [5, 5.41) is 0. The molecule has 152 valence electrons. The maximum Gasteiger partial charge on any atom is 0.490 e. The Kier molecular flexibility index (Phi) is 6.30. The zero-order chi connectivity index (χ0) is 20.4. The van der Waals surface area contributed by atoms with Gasteiger partial charge in [-0.25, -0.2) is 0 Å². The summed E-state index contributed by atoms with van der Waals surface area (Å²) in [6, 6.07) is 9.44. The first-order valence-corrected chi connectivity index (χ1v) is 10.1. The van der Waals surface area contributed by atoms with E-state index < -0.39 is 36.9 Å². The summed E-state index contributed by atoms with van der Waals surface area (Å²) < 4.78 is 31.4. The summed E-state index contributed by atoms with van der Waals surface area (Å²) in [7, 11) is -0.437. The van der Waals surface area contributed by atoms with Crippen molar-refractivity contribution in [2.24, 2.45) is 11.8 Å². The first-order chi connectivity index (χ1) is 13.2. The predicted molar refractivity (Wildman–Crippen MR) is 107 cm³/mol. The number of benzene rings is 1. The molecule has 28 heavy (non-hydrogen) atoms. The monoisotopic (exact) mass is 388 g/mol. The molecular formula is C22H30BFO4. The second-order valence-electron chi connectivity index (χ2n) is 8.74. The second-order valence-corrected chi connectivity index (χ2v) is 8.74. The van der Waals surface area contributed by atoms with Gasteiger partial charge in [-0.3, -0.25) is 9.18 Å². The van der Waals surface area contributed by atoms with Crippen LogP contribution in [0.4, 0.5) is 4.39 Å². The van der Waals surface area contributed by atoms with Gasteiger partial charge in [0.05, 0.1) is 17.1 Å². The molecule has 0 N–H and O–H groups in total. The minimum absolute atomic E-state index is 0.163. The highest BCUT2D eigenvalue weighted by Gasteiger charge is 2.52. The molecule has 1 heterocycles. The van der Waals surface area contributed by atoms with Gasteiger partial charge in [-0.05, 0) is 63.9 Å². The summed E-state index contributed by atoms with van der Waals surface area (Å²) in [4.78, 5) is 12.5. The molecule has 0 spiro atoms. The molecule has 2 atom stereocenters. The highest BCUT2D eigenvalue weighted by atomic mass is 19.1. The lowest BCUT2D eigenvalue weighted by Crippen LogP contribution is -2.41.